The van der Waals surface area contributed by atoms with Crippen LogP contribution in [-0.2, 0) is 19.6 Å². The standard InChI is InChI=1S/C20H18ClN3O2S/c21-16-10-19(27-13-16)20-23-17(12-26-20)11-25-18-5-3-15(4-6-18)2-1-8-24-9-7-22-14-24/h3-7,9-10,12-14H,1-2,8,11H2. The fraction of sp³-hybridized carbons (Fsp3) is 0.200. The lowest BCUT2D eigenvalue weighted by Gasteiger charge is -2.06. The molecule has 0 spiro atoms. The van der Waals surface area contributed by atoms with Crippen molar-refractivity contribution in [3.05, 3.63) is 77.0 Å². The molecule has 1 aromatic carbocycles. The number of oxazole rings is 1. The lowest BCUT2D eigenvalue weighted by Crippen LogP contribution is -1.98. The number of aryl methyl sites for hydroxylation is 2. The van der Waals surface area contributed by atoms with Gasteiger partial charge in [-0.15, -0.1) is 11.3 Å². The molecule has 4 aromatic rings. The van der Waals surface area contributed by atoms with Gasteiger partial charge in [0, 0.05) is 24.3 Å². The van der Waals surface area contributed by atoms with Crippen molar-refractivity contribution in [2.24, 2.45) is 0 Å². The molecule has 0 amide bonds. The number of benzene rings is 1. The predicted molar refractivity (Wildman–Crippen MR) is 106 cm³/mol. The average molecular weight is 400 g/mol. The summed E-state index contributed by atoms with van der Waals surface area (Å²) < 4.78 is 13.4. The molecule has 0 aliphatic carbocycles. The number of aromatic nitrogens is 3. The Labute approximate surface area is 166 Å². The Morgan fingerprint density at radius 3 is 2.85 bits per heavy atom. The van der Waals surface area contributed by atoms with E-state index in [-0.39, 0.29) is 0 Å². The van der Waals surface area contributed by atoms with Crippen LogP contribution in [0.5, 0.6) is 5.75 Å². The lowest BCUT2D eigenvalue weighted by atomic mass is 10.1. The van der Waals surface area contributed by atoms with Crippen LogP contribution in [0.4, 0.5) is 0 Å². The van der Waals surface area contributed by atoms with E-state index < -0.39 is 0 Å². The molecule has 0 atom stereocenters. The molecule has 0 bridgehead atoms. The number of rotatable bonds is 8. The summed E-state index contributed by atoms with van der Waals surface area (Å²) in [6.45, 7) is 1.34. The van der Waals surface area contributed by atoms with E-state index in [4.69, 9.17) is 20.8 Å². The third-order valence-electron chi connectivity index (χ3n) is 4.08. The van der Waals surface area contributed by atoms with E-state index in [0.717, 1.165) is 35.7 Å². The normalized spacial score (nSPS) is 11.0. The number of ether oxygens (including phenoxy) is 1. The first kappa shape index (κ1) is 17.8. The molecule has 3 heterocycles. The largest absolute Gasteiger partial charge is 0.487 e. The summed E-state index contributed by atoms with van der Waals surface area (Å²) in [5.74, 6) is 1.39. The highest BCUT2D eigenvalue weighted by atomic mass is 35.5. The van der Waals surface area contributed by atoms with Gasteiger partial charge in [-0.05, 0) is 36.6 Å². The van der Waals surface area contributed by atoms with Gasteiger partial charge in [0.2, 0.25) is 5.89 Å². The molecule has 3 aromatic heterocycles. The Morgan fingerprint density at radius 1 is 1.22 bits per heavy atom. The number of hydrogen-bond acceptors (Lipinski definition) is 5. The van der Waals surface area contributed by atoms with Crippen LogP contribution < -0.4 is 4.74 Å². The van der Waals surface area contributed by atoms with Crippen LogP contribution in [0.25, 0.3) is 10.8 Å². The van der Waals surface area contributed by atoms with E-state index in [1.54, 1.807) is 12.5 Å². The van der Waals surface area contributed by atoms with Gasteiger partial charge in [0.25, 0.3) is 0 Å². The molecular weight excluding hydrogens is 382 g/mol. The first-order valence-corrected chi connectivity index (χ1v) is 9.88. The summed E-state index contributed by atoms with van der Waals surface area (Å²) in [6, 6.07) is 10.0. The maximum Gasteiger partial charge on any atom is 0.236 e. The number of halogens is 1. The second kappa shape index (κ2) is 8.41. The second-order valence-electron chi connectivity index (χ2n) is 6.11. The smallest absolute Gasteiger partial charge is 0.236 e. The van der Waals surface area contributed by atoms with E-state index in [1.807, 2.05) is 36.1 Å². The predicted octanol–water partition coefficient (Wildman–Crippen LogP) is 5.46. The quantitative estimate of drug-likeness (QED) is 0.394. The fourth-order valence-corrected chi connectivity index (χ4v) is 3.71. The highest BCUT2D eigenvalue weighted by Crippen LogP contribution is 2.29. The molecule has 0 N–H and O–H groups in total. The van der Waals surface area contributed by atoms with Gasteiger partial charge in [0.05, 0.1) is 16.2 Å². The van der Waals surface area contributed by atoms with Crippen LogP contribution in [0.3, 0.4) is 0 Å². The third kappa shape index (κ3) is 4.78. The molecule has 7 heteroatoms. The van der Waals surface area contributed by atoms with Crippen molar-refractivity contribution in [3.8, 4) is 16.5 Å². The average Bonchev–Trinajstić information content (AvgIpc) is 3.43. The molecular formula is C20H18ClN3O2S. The van der Waals surface area contributed by atoms with Gasteiger partial charge in [0.15, 0.2) is 0 Å². The number of imidazole rings is 1. The van der Waals surface area contributed by atoms with E-state index in [0.29, 0.717) is 17.5 Å². The Morgan fingerprint density at radius 2 is 2.11 bits per heavy atom. The molecule has 27 heavy (non-hydrogen) atoms. The van der Waals surface area contributed by atoms with Crippen LogP contribution in [0, 0.1) is 0 Å². The van der Waals surface area contributed by atoms with Gasteiger partial charge in [-0.1, -0.05) is 23.7 Å². The monoisotopic (exact) mass is 399 g/mol. The molecule has 0 saturated heterocycles. The minimum atomic E-state index is 0.364. The topological polar surface area (TPSA) is 53.1 Å². The molecule has 0 radical (unpaired) electrons. The van der Waals surface area contributed by atoms with E-state index in [1.165, 1.54) is 16.9 Å². The molecule has 5 nitrogen and oxygen atoms in total. The Bertz CT molecular complexity index is 977. The van der Waals surface area contributed by atoms with Crippen LogP contribution in [0.15, 0.2) is 65.1 Å². The first-order valence-electron chi connectivity index (χ1n) is 8.62. The highest BCUT2D eigenvalue weighted by molar-refractivity contribution is 7.14. The number of thiophene rings is 1. The van der Waals surface area contributed by atoms with E-state index in [9.17, 15) is 0 Å². The van der Waals surface area contributed by atoms with Gasteiger partial charge in [-0.3, -0.25) is 0 Å². The summed E-state index contributed by atoms with van der Waals surface area (Å²) >= 11 is 7.44. The minimum Gasteiger partial charge on any atom is -0.487 e. The minimum absolute atomic E-state index is 0.364. The summed E-state index contributed by atoms with van der Waals surface area (Å²) in [4.78, 5) is 9.41. The van der Waals surface area contributed by atoms with Crippen LogP contribution >= 0.6 is 22.9 Å². The second-order valence-corrected chi connectivity index (χ2v) is 7.46. The van der Waals surface area contributed by atoms with Gasteiger partial charge in [-0.25, -0.2) is 9.97 Å². The Balaban J connectivity index is 1.27. The van der Waals surface area contributed by atoms with Gasteiger partial charge >= 0.3 is 0 Å². The maximum atomic E-state index is 5.94. The Hall–Kier alpha value is -2.57. The zero-order valence-electron chi connectivity index (χ0n) is 14.5. The van der Waals surface area contributed by atoms with Crippen LogP contribution in [0.2, 0.25) is 5.02 Å². The summed E-state index contributed by atoms with van der Waals surface area (Å²) in [6.07, 6.45) is 9.35. The van der Waals surface area contributed by atoms with Crippen LogP contribution in [-0.4, -0.2) is 14.5 Å². The van der Waals surface area contributed by atoms with E-state index in [2.05, 4.69) is 26.7 Å². The molecule has 0 aliphatic heterocycles. The first-order chi connectivity index (χ1) is 13.3. The summed E-state index contributed by atoms with van der Waals surface area (Å²) in [7, 11) is 0. The van der Waals surface area contributed by atoms with Crippen molar-refractivity contribution in [2.45, 2.75) is 26.0 Å². The maximum absolute atomic E-state index is 5.94. The Kier molecular flexibility index (Phi) is 5.55. The summed E-state index contributed by atoms with van der Waals surface area (Å²) in [5, 5.41) is 2.55. The SMILES string of the molecule is Clc1csc(-c2nc(COc3ccc(CCCn4ccnc4)cc3)co2)c1. The van der Waals surface area contributed by atoms with Gasteiger partial charge in [-0.2, -0.15) is 0 Å². The number of hydrogen-bond donors (Lipinski definition) is 0. The highest BCUT2D eigenvalue weighted by Gasteiger charge is 2.09. The van der Waals surface area contributed by atoms with Crippen molar-refractivity contribution in [2.75, 3.05) is 0 Å². The van der Waals surface area contributed by atoms with Crippen LogP contribution in [0.1, 0.15) is 17.7 Å². The van der Waals surface area contributed by atoms with Crippen molar-refractivity contribution in [1.82, 2.24) is 14.5 Å². The van der Waals surface area contributed by atoms with Gasteiger partial charge in [0.1, 0.15) is 24.3 Å². The fourth-order valence-electron chi connectivity index (χ4n) is 2.71. The third-order valence-corrected chi connectivity index (χ3v) is 5.35. The van der Waals surface area contributed by atoms with E-state index >= 15 is 0 Å². The van der Waals surface area contributed by atoms with Crippen molar-refractivity contribution >= 4 is 22.9 Å². The molecule has 138 valence electrons. The summed E-state index contributed by atoms with van der Waals surface area (Å²) in [5.41, 5.74) is 2.04. The van der Waals surface area contributed by atoms with Crippen molar-refractivity contribution < 1.29 is 9.15 Å². The zero-order chi connectivity index (χ0) is 18.5. The molecule has 0 fully saturated rings. The molecule has 0 aliphatic rings. The molecule has 0 unspecified atom stereocenters. The molecule has 0 saturated carbocycles. The van der Waals surface area contributed by atoms with Crippen molar-refractivity contribution in [3.63, 3.8) is 0 Å². The van der Waals surface area contributed by atoms with Crippen molar-refractivity contribution in [1.29, 1.82) is 0 Å². The lowest BCUT2D eigenvalue weighted by molar-refractivity contribution is 0.301. The van der Waals surface area contributed by atoms with Gasteiger partial charge < -0.3 is 13.7 Å². The zero-order valence-corrected chi connectivity index (χ0v) is 16.1. The number of nitrogens with zero attached hydrogens (tertiary/aromatic N) is 3. The molecule has 4 rings (SSSR count).